The lowest BCUT2D eigenvalue weighted by molar-refractivity contribution is -0.121. The van der Waals surface area contributed by atoms with Crippen molar-refractivity contribution in [3.8, 4) is 17.1 Å². The largest absolute Gasteiger partial charge is 0.496 e. The molecule has 150 valence electrons. The van der Waals surface area contributed by atoms with Crippen molar-refractivity contribution in [2.75, 3.05) is 12.4 Å². The average Bonchev–Trinajstić information content (AvgIpc) is 3.17. The van der Waals surface area contributed by atoms with Gasteiger partial charge in [0.1, 0.15) is 11.3 Å². The number of nitrogens with zero attached hydrogens (tertiary/aromatic N) is 4. The Morgan fingerprint density at radius 2 is 1.86 bits per heavy atom. The summed E-state index contributed by atoms with van der Waals surface area (Å²) in [6.07, 6.45) is 0. The summed E-state index contributed by atoms with van der Waals surface area (Å²) in [4.78, 5) is 25.4. The number of amides is 1. The molecule has 3 aromatic rings. The molecule has 9 nitrogen and oxygen atoms in total. The van der Waals surface area contributed by atoms with Gasteiger partial charge in [0, 0.05) is 17.3 Å². The van der Waals surface area contributed by atoms with Crippen LogP contribution in [-0.2, 0) is 4.79 Å². The maximum atomic E-state index is 12.9. The predicted molar refractivity (Wildman–Crippen MR) is 106 cm³/mol. The van der Waals surface area contributed by atoms with Gasteiger partial charge >= 0.3 is 5.97 Å². The molecule has 0 radical (unpaired) electrons. The lowest BCUT2D eigenvalue weighted by atomic mass is 10.0. The zero-order chi connectivity index (χ0) is 21.0. The topological polar surface area (TPSA) is 119 Å². The Kier molecular flexibility index (Phi) is 5.87. The Balaban J connectivity index is 1.84. The summed E-state index contributed by atoms with van der Waals surface area (Å²) in [6.45, 7) is 3.76. The van der Waals surface area contributed by atoms with Crippen LogP contribution in [0.25, 0.3) is 11.4 Å². The molecule has 0 aliphatic rings. The van der Waals surface area contributed by atoms with Crippen molar-refractivity contribution in [1.29, 1.82) is 0 Å². The normalized spacial score (nSPS) is 11.9. The number of anilines is 1. The minimum Gasteiger partial charge on any atom is -0.496 e. The third-order valence-corrected chi connectivity index (χ3v) is 4.31. The molecule has 1 heterocycles. The number of nitrogens with one attached hydrogen (secondary N) is 1. The molecule has 2 aromatic carbocycles. The summed E-state index contributed by atoms with van der Waals surface area (Å²) in [5.41, 5.74) is 1.22. The smallest absolute Gasteiger partial charge is 0.339 e. The van der Waals surface area contributed by atoms with E-state index in [1.165, 1.54) is 30.1 Å². The highest BCUT2D eigenvalue weighted by Crippen LogP contribution is 2.25. The van der Waals surface area contributed by atoms with E-state index in [0.717, 1.165) is 5.56 Å². The minimum absolute atomic E-state index is 0.0105. The van der Waals surface area contributed by atoms with Gasteiger partial charge in [-0.2, -0.15) is 4.80 Å². The van der Waals surface area contributed by atoms with Crippen molar-refractivity contribution in [2.24, 2.45) is 5.92 Å². The average molecular weight is 395 g/mol. The number of carboxylic acid groups (broad SMARTS) is 1. The quantitative estimate of drug-likeness (QED) is 0.631. The fourth-order valence-corrected chi connectivity index (χ4v) is 2.88. The summed E-state index contributed by atoms with van der Waals surface area (Å²) in [5, 5.41) is 24.4. The molecule has 0 spiro atoms. The Labute approximate surface area is 167 Å². The molecular weight excluding hydrogens is 374 g/mol. The summed E-state index contributed by atoms with van der Waals surface area (Å²) in [6, 6.07) is 13.0. The zero-order valence-electron chi connectivity index (χ0n) is 16.2. The monoisotopic (exact) mass is 395 g/mol. The summed E-state index contributed by atoms with van der Waals surface area (Å²) >= 11 is 0. The highest BCUT2D eigenvalue weighted by Gasteiger charge is 2.27. The Hall–Kier alpha value is -3.75. The first kappa shape index (κ1) is 20.0. The van der Waals surface area contributed by atoms with Crippen LogP contribution in [0.15, 0.2) is 48.5 Å². The van der Waals surface area contributed by atoms with Crippen LogP contribution in [0.5, 0.6) is 5.75 Å². The zero-order valence-corrected chi connectivity index (χ0v) is 16.2. The molecule has 0 saturated heterocycles. The van der Waals surface area contributed by atoms with Crippen molar-refractivity contribution in [3.63, 3.8) is 0 Å². The number of hydrogen-bond donors (Lipinski definition) is 2. The van der Waals surface area contributed by atoms with Crippen LogP contribution in [0, 0.1) is 5.92 Å². The standard InChI is InChI=1S/C20H21N5O4/c1-12(2)17(25-23-18(22-24-25)13-7-5-4-6-8-13)19(26)21-14-9-10-15(20(27)28)16(11-14)29-3/h4-12,17H,1-3H3,(H,21,26)(H,27,28). The molecular formula is C20H21N5O4. The fraction of sp³-hybridized carbons (Fsp3) is 0.250. The van der Waals surface area contributed by atoms with Crippen molar-refractivity contribution < 1.29 is 19.4 Å². The molecule has 1 unspecified atom stereocenters. The molecule has 1 atom stereocenters. The lowest BCUT2D eigenvalue weighted by Crippen LogP contribution is -2.31. The number of carboxylic acids is 1. The number of carbonyl (C=O) groups is 2. The molecule has 29 heavy (non-hydrogen) atoms. The number of rotatable bonds is 7. The Bertz CT molecular complexity index is 1020. The van der Waals surface area contributed by atoms with E-state index in [2.05, 4.69) is 20.7 Å². The third-order valence-electron chi connectivity index (χ3n) is 4.31. The first-order chi connectivity index (χ1) is 13.9. The van der Waals surface area contributed by atoms with Crippen LogP contribution in [0.2, 0.25) is 0 Å². The predicted octanol–water partition coefficient (Wildman–Crippen LogP) is 2.88. The SMILES string of the molecule is COc1cc(NC(=O)C(C(C)C)n2nnc(-c3ccccc3)n2)ccc1C(=O)O. The molecule has 0 saturated carbocycles. The van der Waals surface area contributed by atoms with Crippen LogP contribution in [0.4, 0.5) is 5.69 Å². The highest BCUT2D eigenvalue weighted by atomic mass is 16.5. The summed E-state index contributed by atoms with van der Waals surface area (Å²) in [5.74, 6) is -0.992. The molecule has 1 amide bonds. The van der Waals surface area contributed by atoms with E-state index >= 15 is 0 Å². The van der Waals surface area contributed by atoms with Crippen LogP contribution < -0.4 is 10.1 Å². The molecule has 0 aliphatic carbocycles. The van der Waals surface area contributed by atoms with Crippen molar-refractivity contribution in [2.45, 2.75) is 19.9 Å². The summed E-state index contributed by atoms with van der Waals surface area (Å²) in [7, 11) is 1.37. The molecule has 0 fully saturated rings. The molecule has 1 aromatic heterocycles. The van der Waals surface area contributed by atoms with E-state index in [1.807, 2.05) is 44.2 Å². The van der Waals surface area contributed by atoms with Gasteiger partial charge in [-0.05, 0) is 23.3 Å². The second kappa shape index (κ2) is 8.51. The van der Waals surface area contributed by atoms with Crippen LogP contribution in [-0.4, -0.2) is 44.3 Å². The first-order valence-corrected chi connectivity index (χ1v) is 8.98. The van der Waals surface area contributed by atoms with Gasteiger partial charge in [0.15, 0.2) is 6.04 Å². The highest BCUT2D eigenvalue weighted by molar-refractivity contribution is 5.96. The molecule has 0 bridgehead atoms. The van der Waals surface area contributed by atoms with Gasteiger partial charge in [0.2, 0.25) is 5.82 Å². The minimum atomic E-state index is -1.11. The maximum absolute atomic E-state index is 12.9. The number of hydrogen-bond acceptors (Lipinski definition) is 6. The Morgan fingerprint density at radius 3 is 2.48 bits per heavy atom. The van der Waals surface area contributed by atoms with Crippen molar-refractivity contribution in [1.82, 2.24) is 20.2 Å². The van der Waals surface area contributed by atoms with Gasteiger partial charge in [0.25, 0.3) is 5.91 Å². The number of methoxy groups -OCH3 is 1. The van der Waals surface area contributed by atoms with Crippen LogP contribution in [0.3, 0.4) is 0 Å². The van der Waals surface area contributed by atoms with E-state index in [4.69, 9.17) is 4.74 Å². The second-order valence-corrected chi connectivity index (χ2v) is 6.70. The fourth-order valence-electron chi connectivity index (χ4n) is 2.88. The number of carbonyl (C=O) groups excluding carboxylic acids is 1. The number of aromatic nitrogens is 4. The number of tetrazole rings is 1. The molecule has 2 N–H and O–H groups in total. The summed E-state index contributed by atoms with van der Waals surface area (Å²) < 4.78 is 5.10. The van der Waals surface area contributed by atoms with E-state index in [0.29, 0.717) is 11.5 Å². The lowest BCUT2D eigenvalue weighted by Gasteiger charge is -2.19. The number of benzene rings is 2. The van der Waals surface area contributed by atoms with Crippen molar-refractivity contribution >= 4 is 17.6 Å². The molecule has 0 aliphatic heterocycles. The van der Waals surface area contributed by atoms with E-state index < -0.39 is 12.0 Å². The van der Waals surface area contributed by atoms with Gasteiger partial charge in [-0.25, -0.2) is 4.79 Å². The van der Waals surface area contributed by atoms with Crippen molar-refractivity contribution in [3.05, 3.63) is 54.1 Å². The van der Waals surface area contributed by atoms with Gasteiger partial charge < -0.3 is 15.2 Å². The third kappa shape index (κ3) is 4.40. The van der Waals surface area contributed by atoms with Gasteiger partial charge in [0.05, 0.1) is 7.11 Å². The van der Waals surface area contributed by atoms with Gasteiger partial charge in [-0.1, -0.05) is 44.2 Å². The number of ether oxygens (including phenoxy) is 1. The van der Waals surface area contributed by atoms with Gasteiger partial charge in [-0.3, -0.25) is 4.79 Å². The molecule has 9 heteroatoms. The second-order valence-electron chi connectivity index (χ2n) is 6.70. The maximum Gasteiger partial charge on any atom is 0.339 e. The molecule has 3 rings (SSSR count). The van der Waals surface area contributed by atoms with E-state index in [-0.39, 0.29) is 23.1 Å². The van der Waals surface area contributed by atoms with E-state index in [9.17, 15) is 14.7 Å². The van der Waals surface area contributed by atoms with E-state index in [1.54, 1.807) is 0 Å². The first-order valence-electron chi connectivity index (χ1n) is 8.98. The van der Waals surface area contributed by atoms with Crippen LogP contribution >= 0.6 is 0 Å². The Morgan fingerprint density at radius 1 is 1.14 bits per heavy atom. The van der Waals surface area contributed by atoms with Crippen LogP contribution in [0.1, 0.15) is 30.2 Å². The number of aromatic carboxylic acids is 1. The van der Waals surface area contributed by atoms with Gasteiger partial charge in [-0.15, -0.1) is 10.2 Å².